The second kappa shape index (κ2) is 6.06. The zero-order valence-corrected chi connectivity index (χ0v) is 13.4. The Labute approximate surface area is 137 Å². The first-order chi connectivity index (χ1) is 10.9. The average Bonchev–Trinajstić information content (AvgIpc) is 2.82. The number of sulfonamides is 1. The van der Waals surface area contributed by atoms with E-state index in [9.17, 15) is 30.8 Å². The maximum absolute atomic E-state index is 13.2. The van der Waals surface area contributed by atoms with Crippen molar-refractivity contribution in [2.24, 2.45) is 0 Å². The fourth-order valence-electron chi connectivity index (χ4n) is 1.81. The minimum atomic E-state index is -4.98. The second-order valence-electron chi connectivity index (χ2n) is 4.68. The van der Waals surface area contributed by atoms with Gasteiger partial charge in [-0.2, -0.15) is 13.2 Å². The molecule has 0 saturated carbocycles. The zero-order valence-electron chi connectivity index (χ0n) is 11.8. The normalized spacial score (nSPS) is 12.2. The number of carboxylic acids is 1. The van der Waals surface area contributed by atoms with Crippen LogP contribution in [0.25, 0.3) is 0 Å². The molecule has 0 spiro atoms. The van der Waals surface area contributed by atoms with Crippen LogP contribution in [0.2, 0.25) is 0 Å². The molecular weight excluding hydrogens is 374 g/mol. The summed E-state index contributed by atoms with van der Waals surface area (Å²) < 4.78 is 77.0. The molecule has 5 nitrogen and oxygen atoms in total. The summed E-state index contributed by atoms with van der Waals surface area (Å²) >= 11 is 0.460. The topological polar surface area (TPSA) is 83.5 Å². The van der Waals surface area contributed by atoms with Crippen LogP contribution in [-0.2, 0) is 16.2 Å². The fourth-order valence-corrected chi connectivity index (χ4v) is 4.24. The standard InChI is InChI=1S/C13H9F4NO4S2/c1-6-4-10(23-11(6)12(19)20)24(21,22)18-7-2-3-9(14)8(5-7)13(15,16)17/h2-5,18H,1H3,(H,19,20). The number of benzene rings is 1. The monoisotopic (exact) mass is 383 g/mol. The van der Waals surface area contributed by atoms with Crippen LogP contribution in [0, 0.1) is 12.7 Å². The van der Waals surface area contributed by atoms with Crippen LogP contribution < -0.4 is 4.72 Å². The van der Waals surface area contributed by atoms with Gasteiger partial charge in [0.25, 0.3) is 10.0 Å². The molecule has 0 fully saturated rings. The highest BCUT2D eigenvalue weighted by Crippen LogP contribution is 2.34. The number of rotatable bonds is 4. The number of hydrogen-bond acceptors (Lipinski definition) is 4. The number of halogens is 4. The fraction of sp³-hybridized carbons (Fsp3) is 0.154. The second-order valence-corrected chi connectivity index (χ2v) is 7.64. The summed E-state index contributed by atoms with van der Waals surface area (Å²) in [5, 5.41) is 8.92. The molecule has 0 aliphatic rings. The SMILES string of the molecule is Cc1cc(S(=O)(=O)Nc2ccc(F)c(C(F)(F)F)c2)sc1C(=O)O. The highest BCUT2D eigenvalue weighted by atomic mass is 32.2. The summed E-state index contributed by atoms with van der Waals surface area (Å²) in [4.78, 5) is 10.7. The Balaban J connectivity index is 2.40. The van der Waals surface area contributed by atoms with Crippen molar-refractivity contribution in [2.45, 2.75) is 17.3 Å². The quantitative estimate of drug-likeness (QED) is 0.789. The molecule has 0 aliphatic carbocycles. The van der Waals surface area contributed by atoms with Crippen molar-refractivity contribution < 1.29 is 35.9 Å². The summed E-state index contributed by atoms with van der Waals surface area (Å²) in [6.07, 6.45) is -4.98. The van der Waals surface area contributed by atoms with Crippen LogP contribution in [0.1, 0.15) is 20.8 Å². The minimum Gasteiger partial charge on any atom is -0.477 e. The number of alkyl halides is 3. The number of aryl methyl sites for hydroxylation is 1. The molecule has 2 aromatic rings. The minimum absolute atomic E-state index is 0.197. The summed E-state index contributed by atoms with van der Waals surface area (Å²) in [6.45, 7) is 1.39. The average molecular weight is 383 g/mol. The molecule has 0 bridgehead atoms. The number of anilines is 1. The maximum Gasteiger partial charge on any atom is 0.419 e. The van der Waals surface area contributed by atoms with Gasteiger partial charge in [0, 0.05) is 5.69 Å². The Bertz CT molecular complexity index is 903. The summed E-state index contributed by atoms with van der Waals surface area (Å²) in [5.74, 6) is -2.86. The van der Waals surface area contributed by atoms with Gasteiger partial charge < -0.3 is 5.11 Å². The van der Waals surface area contributed by atoms with E-state index in [0.29, 0.717) is 23.5 Å². The molecule has 11 heteroatoms. The molecule has 1 aromatic heterocycles. The Kier molecular flexibility index (Phi) is 4.59. The van der Waals surface area contributed by atoms with Gasteiger partial charge in [0.05, 0.1) is 5.56 Å². The number of carbonyl (C=O) groups is 1. The highest BCUT2D eigenvalue weighted by Gasteiger charge is 2.34. The van der Waals surface area contributed by atoms with E-state index in [-0.39, 0.29) is 14.6 Å². The van der Waals surface area contributed by atoms with Crippen molar-refractivity contribution in [3.8, 4) is 0 Å². The van der Waals surface area contributed by atoms with Crippen LogP contribution in [0.4, 0.5) is 23.2 Å². The molecule has 2 rings (SSSR count). The molecule has 130 valence electrons. The summed E-state index contributed by atoms with van der Waals surface area (Å²) in [5.41, 5.74) is -1.91. The largest absolute Gasteiger partial charge is 0.477 e. The van der Waals surface area contributed by atoms with E-state index in [1.165, 1.54) is 6.92 Å². The van der Waals surface area contributed by atoms with Crippen LogP contribution in [0.5, 0.6) is 0 Å². The smallest absolute Gasteiger partial charge is 0.419 e. The Morgan fingerprint density at radius 2 is 1.88 bits per heavy atom. The molecule has 0 amide bonds. The molecule has 0 radical (unpaired) electrons. The first kappa shape index (κ1) is 18.2. The van der Waals surface area contributed by atoms with E-state index in [2.05, 4.69) is 0 Å². The van der Waals surface area contributed by atoms with E-state index in [1.807, 2.05) is 4.72 Å². The van der Waals surface area contributed by atoms with Gasteiger partial charge in [0.1, 0.15) is 14.9 Å². The molecule has 2 N–H and O–H groups in total. The lowest BCUT2D eigenvalue weighted by molar-refractivity contribution is -0.139. The number of thiophene rings is 1. The summed E-state index contributed by atoms with van der Waals surface area (Å²) in [6, 6.07) is 2.74. The first-order valence-electron chi connectivity index (χ1n) is 6.15. The van der Waals surface area contributed by atoms with Crippen LogP contribution in [0.15, 0.2) is 28.5 Å². The maximum atomic E-state index is 13.2. The van der Waals surface area contributed by atoms with E-state index in [0.717, 1.165) is 12.1 Å². The summed E-state index contributed by atoms with van der Waals surface area (Å²) in [7, 11) is -4.31. The van der Waals surface area contributed by atoms with Gasteiger partial charge in [-0.3, -0.25) is 4.72 Å². The molecule has 0 aliphatic heterocycles. The van der Waals surface area contributed by atoms with Crippen molar-refractivity contribution in [3.63, 3.8) is 0 Å². The Morgan fingerprint density at radius 1 is 1.25 bits per heavy atom. The number of carboxylic acid groups (broad SMARTS) is 1. The third-order valence-electron chi connectivity index (χ3n) is 2.88. The third-order valence-corrected chi connectivity index (χ3v) is 5.96. The van der Waals surface area contributed by atoms with Crippen molar-refractivity contribution >= 4 is 33.0 Å². The lowest BCUT2D eigenvalue weighted by Crippen LogP contribution is -2.14. The lowest BCUT2D eigenvalue weighted by atomic mass is 10.2. The molecular formula is C13H9F4NO4S2. The highest BCUT2D eigenvalue weighted by molar-refractivity contribution is 7.94. The molecule has 0 saturated heterocycles. The van der Waals surface area contributed by atoms with Gasteiger partial charge >= 0.3 is 12.1 Å². The number of nitrogens with one attached hydrogen (secondary N) is 1. The number of hydrogen-bond donors (Lipinski definition) is 2. The predicted molar refractivity (Wildman–Crippen MR) is 78.2 cm³/mol. The number of aromatic carboxylic acids is 1. The van der Waals surface area contributed by atoms with Crippen molar-refractivity contribution in [1.82, 2.24) is 0 Å². The van der Waals surface area contributed by atoms with Gasteiger partial charge in [-0.1, -0.05) is 0 Å². The van der Waals surface area contributed by atoms with Crippen LogP contribution in [0.3, 0.4) is 0 Å². The predicted octanol–water partition coefficient (Wildman–Crippen LogP) is 3.71. The Hall–Kier alpha value is -2.14. The van der Waals surface area contributed by atoms with E-state index in [1.54, 1.807) is 0 Å². The third kappa shape index (κ3) is 3.67. The van der Waals surface area contributed by atoms with E-state index in [4.69, 9.17) is 5.11 Å². The van der Waals surface area contributed by atoms with Gasteiger partial charge in [0.2, 0.25) is 0 Å². The van der Waals surface area contributed by atoms with Crippen LogP contribution >= 0.6 is 11.3 Å². The van der Waals surface area contributed by atoms with Crippen LogP contribution in [-0.4, -0.2) is 19.5 Å². The van der Waals surface area contributed by atoms with Gasteiger partial charge in [-0.15, -0.1) is 11.3 Å². The first-order valence-corrected chi connectivity index (χ1v) is 8.45. The van der Waals surface area contributed by atoms with E-state index >= 15 is 0 Å². The molecule has 1 heterocycles. The Morgan fingerprint density at radius 3 is 2.38 bits per heavy atom. The zero-order chi connectivity index (χ0) is 18.3. The molecule has 0 unspecified atom stereocenters. The van der Waals surface area contributed by atoms with Gasteiger partial charge in [-0.25, -0.2) is 17.6 Å². The van der Waals surface area contributed by atoms with Gasteiger partial charge in [0.15, 0.2) is 0 Å². The van der Waals surface area contributed by atoms with Crippen molar-refractivity contribution in [3.05, 3.63) is 46.1 Å². The van der Waals surface area contributed by atoms with Gasteiger partial charge in [-0.05, 0) is 36.8 Å². The molecule has 1 aromatic carbocycles. The van der Waals surface area contributed by atoms with Crippen molar-refractivity contribution in [1.29, 1.82) is 0 Å². The van der Waals surface area contributed by atoms with Crippen molar-refractivity contribution in [2.75, 3.05) is 4.72 Å². The molecule has 0 atom stereocenters. The van der Waals surface area contributed by atoms with E-state index < -0.39 is 39.2 Å². The lowest BCUT2D eigenvalue weighted by Gasteiger charge is -2.11. The molecule has 24 heavy (non-hydrogen) atoms.